The van der Waals surface area contributed by atoms with Gasteiger partial charge in [0.15, 0.2) is 0 Å². The molecule has 1 aromatic heterocycles. The molecule has 0 radical (unpaired) electrons. The first-order valence-electron chi connectivity index (χ1n) is 24.1. The summed E-state index contributed by atoms with van der Waals surface area (Å²) in [4.78, 5) is 2.47. The second-order valence-electron chi connectivity index (χ2n) is 18.6. The smallest absolute Gasteiger partial charge is 0.136 e. The highest BCUT2D eigenvalue weighted by Gasteiger charge is 2.50. The van der Waals surface area contributed by atoms with Gasteiger partial charge in [0.25, 0.3) is 0 Å². The van der Waals surface area contributed by atoms with Gasteiger partial charge in [-0.05, 0) is 127 Å². The fraction of sp³-hybridized carbons (Fsp3) is 0.0149. The zero-order chi connectivity index (χ0) is 45.9. The van der Waals surface area contributed by atoms with Crippen LogP contribution in [0, 0.1) is 0 Å². The minimum absolute atomic E-state index is 0.671. The van der Waals surface area contributed by atoms with Crippen LogP contribution in [-0.4, -0.2) is 0 Å². The molecule has 0 saturated heterocycles. The summed E-state index contributed by atoms with van der Waals surface area (Å²) in [5.74, 6) is 1.69. The van der Waals surface area contributed by atoms with Crippen LogP contribution in [0.15, 0.2) is 253 Å². The largest absolute Gasteiger partial charge is 0.456 e. The number of ether oxygens (including phenoxy) is 1. The van der Waals surface area contributed by atoms with Crippen molar-refractivity contribution in [2.75, 3.05) is 4.90 Å². The third-order valence-corrected chi connectivity index (χ3v) is 15.1. The molecule has 15 rings (SSSR count). The van der Waals surface area contributed by atoms with Crippen molar-refractivity contribution in [3.05, 3.63) is 271 Å². The molecular weight excluding hydrogens is 851 g/mol. The first-order valence-corrected chi connectivity index (χ1v) is 24.1. The number of benzene rings is 11. The molecule has 1 atom stereocenters. The van der Waals surface area contributed by atoms with E-state index in [4.69, 9.17) is 9.15 Å². The fourth-order valence-corrected chi connectivity index (χ4v) is 12.3. The van der Waals surface area contributed by atoms with Crippen molar-refractivity contribution < 1.29 is 9.15 Å². The molecule has 1 spiro atoms. The summed E-state index contributed by atoms with van der Waals surface area (Å²) in [5, 5.41) is 2.30. The third-order valence-electron chi connectivity index (χ3n) is 15.1. The van der Waals surface area contributed by atoms with Crippen LogP contribution in [0.25, 0.3) is 88.7 Å². The minimum atomic E-state index is -0.671. The van der Waals surface area contributed by atoms with Gasteiger partial charge < -0.3 is 14.1 Å². The van der Waals surface area contributed by atoms with E-state index in [1.165, 1.54) is 55.6 Å². The molecule has 3 aliphatic rings. The van der Waals surface area contributed by atoms with Gasteiger partial charge in [-0.15, -0.1) is 0 Å². The van der Waals surface area contributed by atoms with Gasteiger partial charge in [0.05, 0.1) is 11.1 Å². The lowest BCUT2D eigenvalue weighted by Gasteiger charge is -2.36. The summed E-state index contributed by atoms with van der Waals surface area (Å²) >= 11 is 0. The van der Waals surface area contributed by atoms with Crippen molar-refractivity contribution in [2.45, 2.75) is 5.41 Å². The first-order chi connectivity index (χ1) is 34.7. The topological polar surface area (TPSA) is 25.6 Å². The molecule has 0 amide bonds. The number of rotatable bonds is 4. The minimum Gasteiger partial charge on any atom is -0.456 e. The Morgan fingerprint density at radius 2 is 0.829 bits per heavy atom. The van der Waals surface area contributed by atoms with E-state index >= 15 is 0 Å². The van der Waals surface area contributed by atoms with Gasteiger partial charge in [0, 0.05) is 38.8 Å². The number of para-hydroxylation sites is 4. The molecule has 326 valence electrons. The molecule has 0 N–H and O–H groups in total. The highest BCUT2D eigenvalue weighted by molar-refractivity contribution is 6.16. The average molecular weight is 892 g/mol. The zero-order valence-corrected chi connectivity index (χ0v) is 37.9. The Balaban J connectivity index is 1.04. The molecule has 12 aromatic rings. The standard InChI is InChI=1S/C67H41NO2/c1-2-18-42(19-3-1)45-20-8-14-30-60(45)68(43-34-36-48-50-24-9-15-31-61(50)69-62-32-16-10-25-51(62)54(48)40-43)44-35-37-58-55(41-44)47-22-5-4-21-46(47)49-23-6-12-28-56(49)67(58)57-29-13-7-26-52(57)65-59(67)38-39-64-66(65)53-27-11-17-33-63(53)70-64/h1-41H. The molecule has 11 aromatic carbocycles. The summed E-state index contributed by atoms with van der Waals surface area (Å²) in [6.07, 6.45) is 0. The lowest BCUT2D eigenvalue weighted by atomic mass is 9.66. The van der Waals surface area contributed by atoms with Crippen molar-refractivity contribution >= 4 is 39.0 Å². The highest BCUT2D eigenvalue weighted by Crippen LogP contribution is 2.64. The molecule has 0 bridgehead atoms. The van der Waals surface area contributed by atoms with Gasteiger partial charge in [-0.25, -0.2) is 0 Å². The molecule has 3 heteroatoms. The predicted molar refractivity (Wildman–Crippen MR) is 287 cm³/mol. The van der Waals surface area contributed by atoms with E-state index in [0.29, 0.717) is 0 Å². The van der Waals surface area contributed by atoms with E-state index in [1.54, 1.807) is 0 Å². The van der Waals surface area contributed by atoms with Crippen molar-refractivity contribution in [3.63, 3.8) is 0 Å². The monoisotopic (exact) mass is 891 g/mol. The summed E-state index contributed by atoms with van der Waals surface area (Å²) in [5.41, 5.74) is 23.3. The molecule has 70 heavy (non-hydrogen) atoms. The first kappa shape index (κ1) is 38.9. The van der Waals surface area contributed by atoms with E-state index < -0.39 is 5.41 Å². The van der Waals surface area contributed by atoms with Crippen molar-refractivity contribution in [3.8, 4) is 78.3 Å². The quantitative estimate of drug-likeness (QED) is 0.176. The van der Waals surface area contributed by atoms with Gasteiger partial charge in [0.1, 0.15) is 22.7 Å². The lowest BCUT2D eigenvalue weighted by Crippen LogP contribution is -2.29. The predicted octanol–water partition coefficient (Wildman–Crippen LogP) is 18.2. The second kappa shape index (κ2) is 14.9. The van der Waals surface area contributed by atoms with Crippen LogP contribution in [0.2, 0.25) is 0 Å². The fourth-order valence-electron chi connectivity index (χ4n) is 12.3. The number of hydrogen-bond donors (Lipinski definition) is 0. The molecular formula is C67H41NO2. The summed E-state index contributed by atoms with van der Waals surface area (Å²) < 4.78 is 13.3. The SMILES string of the molecule is c1ccc(-c2ccccc2N(c2ccc3c(c2)-c2ccccc2Oc2ccccc2-3)c2ccc3c(c2)-c2ccccc2-c2ccccc2C32c3ccccc3-c3c2ccc2oc4ccccc4c32)cc1. The van der Waals surface area contributed by atoms with Crippen LogP contribution in [0.4, 0.5) is 17.1 Å². The molecule has 2 aliphatic carbocycles. The van der Waals surface area contributed by atoms with E-state index in [0.717, 1.165) is 83.9 Å². The maximum Gasteiger partial charge on any atom is 0.136 e. The Kier molecular flexibility index (Phi) is 8.28. The van der Waals surface area contributed by atoms with Crippen molar-refractivity contribution in [1.82, 2.24) is 0 Å². The molecule has 3 nitrogen and oxygen atoms in total. The Morgan fingerprint density at radius 3 is 1.60 bits per heavy atom. The van der Waals surface area contributed by atoms with Crippen LogP contribution in [-0.2, 0) is 5.41 Å². The normalized spacial score (nSPS) is 14.5. The van der Waals surface area contributed by atoms with Gasteiger partial charge in [-0.1, -0.05) is 194 Å². The number of anilines is 3. The number of fused-ring (bicyclic) bond motifs is 21. The van der Waals surface area contributed by atoms with Gasteiger partial charge in [0.2, 0.25) is 0 Å². The second-order valence-corrected chi connectivity index (χ2v) is 18.6. The van der Waals surface area contributed by atoms with Gasteiger partial charge in [-0.2, -0.15) is 0 Å². The van der Waals surface area contributed by atoms with Gasteiger partial charge in [-0.3, -0.25) is 0 Å². The molecule has 0 saturated carbocycles. The molecule has 1 unspecified atom stereocenters. The lowest BCUT2D eigenvalue weighted by molar-refractivity contribution is 0.488. The summed E-state index contributed by atoms with van der Waals surface area (Å²) in [6.45, 7) is 0. The number of nitrogens with zero attached hydrogens (tertiary/aromatic N) is 1. The average Bonchev–Trinajstić information content (AvgIpc) is 3.87. The summed E-state index contributed by atoms with van der Waals surface area (Å²) in [7, 11) is 0. The zero-order valence-electron chi connectivity index (χ0n) is 37.9. The van der Waals surface area contributed by atoms with E-state index in [2.05, 4.69) is 248 Å². The highest BCUT2D eigenvalue weighted by atomic mass is 16.5. The maximum atomic E-state index is 6.68. The van der Waals surface area contributed by atoms with E-state index in [1.807, 2.05) is 6.07 Å². The van der Waals surface area contributed by atoms with Crippen LogP contribution < -0.4 is 9.64 Å². The van der Waals surface area contributed by atoms with E-state index in [9.17, 15) is 0 Å². The number of hydrogen-bond acceptors (Lipinski definition) is 3. The van der Waals surface area contributed by atoms with Crippen LogP contribution in [0.3, 0.4) is 0 Å². The Hall–Kier alpha value is -9.18. The molecule has 0 fully saturated rings. The Bertz CT molecular complexity index is 4130. The Morgan fingerprint density at radius 1 is 0.314 bits per heavy atom. The van der Waals surface area contributed by atoms with Crippen LogP contribution in [0.5, 0.6) is 11.5 Å². The Labute approximate surface area is 405 Å². The number of furan rings is 1. The summed E-state index contributed by atoms with van der Waals surface area (Å²) in [6, 6.07) is 90.8. The van der Waals surface area contributed by atoms with Crippen LogP contribution in [0.1, 0.15) is 22.3 Å². The van der Waals surface area contributed by atoms with Gasteiger partial charge >= 0.3 is 0 Å². The third kappa shape index (κ3) is 5.40. The van der Waals surface area contributed by atoms with Crippen molar-refractivity contribution in [2.24, 2.45) is 0 Å². The molecule has 1 aliphatic heterocycles. The van der Waals surface area contributed by atoms with Crippen molar-refractivity contribution in [1.29, 1.82) is 0 Å². The van der Waals surface area contributed by atoms with E-state index in [-0.39, 0.29) is 0 Å². The maximum absolute atomic E-state index is 6.68. The van der Waals surface area contributed by atoms with Crippen LogP contribution >= 0.6 is 0 Å². The molecule has 2 heterocycles.